The van der Waals surface area contributed by atoms with Crippen molar-refractivity contribution >= 4 is 28.7 Å². The Hall–Kier alpha value is -3.50. The number of carboxylic acid groups (broad SMARTS) is 1. The lowest BCUT2D eigenvalue weighted by molar-refractivity contribution is -0.137. The van der Waals surface area contributed by atoms with Gasteiger partial charge in [-0.25, -0.2) is 4.98 Å². The molecule has 5 rings (SSSR count). The Morgan fingerprint density at radius 3 is 2.42 bits per heavy atom. The number of aryl methyl sites for hydroxylation is 1. The van der Waals surface area contributed by atoms with E-state index in [4.69, 9.17) is 26.2 Å². The number of benzene rings is 2. The van der Waals surface area contributed by atoms with Crippen LogP contribution in [0, 0.1) is 0 Å². The van der Waals surface area contributed by atoms with Crippen LogP contribution in [0.4, 0.5) is 0 Å². The number of aliphatic carboxylic acids is 1. The van der Waals surface area contributed by atoms with Crippen molar-refractivity contribution in [3.63, 3.8) is 0 Å². The molecule has 2 aromatic carbocycles. The summed E-state index contributed by atoms with van der Waals surface area (Å²) in [5, 5.41) is 28.6. The van der Waals surface area contributed by atoms with Gasteiger partial charge in [-0.1, -0.05) is 60.1 Å². The molecule has 0 spiro atoms. The molecule has 3 unspecified atom stereocenters. The van der Waals surface area contributed by atoms with Gasteiger partial charge in [0.2, 0.25) is 0 Å². The summed E-state index contributed by atoms with van der Waals surface area (Å²) in [5.74, 6) is -0.774. The van der Waals surface area contributed by atoms with Crippen LogP contribution >= 0.6 is 11.6 Å². The average Bonchev–Trinajstić information content (AvgIpc) is 3.29. The first kappa shape index (κ1) is 26.1. The molecule has 38 heavy (non-hydrogen) atoms. The molecule has 9 nitrogen and oxygen atoms in total. The van der Waals surface area contributed by atoms with Gasteiger partial charge in [0.15, 0.2) is 5.65 Å². The number of nitrogens with zero attached hydrogens (tertiary/aromatic N) is 2. The van der Waals surface area contributed by atoms with Gasteiger partial charge in [0.25, 0.3) is 6.01 Å². The van der Waals surface area contributed by atoms with Crippen molar-refractivity contribution in [1.29, 1.82) is 0 Å². The Kier molecular flexibility index (Phi) is 7.90. The molecule has 0 amide bonds. The molecule has 198 valence electrons. The van der Waals surface area contributed by atoms with Crippen molar-refractivity contribution in [3.8, 4) is 28.4 Å². The number of aromatic amines is 1. The number of aliphatic hydroxyl groups excluding tert-OH is 2. The summed E-state index contributed by atoms with van der Waals surface area (Å²) < 4.78 is 11.3. The predicted molar refractivity (Wildman–Crippen MR) is 142 cm³/mol. The monoisotopic (exact) mass is 537 g/mol. The maximum atomic E-state index is 10.7. The molecular weight excluding hydrogens is 510 g/mol. The summed E-state index contributed by atoms with van der Waals surface area (Å²) in [7, 11) is 0. The molecule has 0 saturated carbocycles. The molecule has 1 fully saturated rings. The quantitative estimate of drug-likeness (QED) is 0.249. The number of hydrogen-bond acceptors (Lipinski definition) is 7. The number of rotatable bonds is 9. The van der Waals surface area contributed by atoms with Crippen molar-refractivity contribution in [2.24, 2.45) is 0 Å². The van der Waals surface area contributed by atoms with Gasteiger partial charge in [-0.15, -0.1) is 0 Å². The number of carboxylic acids is 1. The zero-order chi connectivity index (χ0) is 26.6. The van der Waals surface area contributed by atoms with Crippen molar-refractivity contribution < 1.29 is 29.6 Å². The van der Waals surface area contributed by atoms with E-state index >= 15 is 0 Å². The van der Waals surface area contributed by atoms with E-state index in [1.54, 1.807) is 6.07 Å². The van der Waals surface area contributed by atoms with Gasteiger partial charge in [0.1, 0.15) is 12.2 Å². The maximum Gasteiger partial charge on any atom is 0.303 e. The summed E-state index contributed by atoms with van der Waals surface area (Å²) in [6.45, 7) is -0.00821. The van der Waals surface area contributed by atoms with Crippen LogP contribution in [0.25, 0.3) is 33.5 Å². The van der Waals surface area contributed by atoms with Gasteiger partial charge in [-0.3, -0.25) is 4.79 Å². The molecule has 0 bridgehead atoms. The van der Waals surface area contributed by atoms with Crippen molar-refractivity contribution in [3.05, 3.63) is 65.2 Å². The van der Waals surface area contributed by atoms with Gasteiger partial charge in [0.05, 0.1) is 35.6 Å². The van der Waals surface area contributed by atoms with E-state index in [2.05, 4.69) is 15.0 Å². The lowest BCUT2D eigenvalue weighted by Gasteiger charge is -2.31. The summed E-state index contributed by atoms with van der Waals surface area (Å²) in [5.41, 5.74) is 5.73. The normalized spacial score (nSPS) is 19.5. The number of aromatic nitrogens is 3. The van der Waals surface area contributed by atoms with Crippen molar-refractivity contribution in [2.75, 3.05) is 13.2 Å². The summed E-state index contributed by atoms with van der Waals surface area (Å²) in [6.07, 6.45) is 0.0226. The number of hydrogen-bond donors (Lipinski definition) is 4. The van der Waals surface area contributed by atoms with E-state index < -0.39 is 24.3 Å². The molecule has 0 aliphatic carbocycles. The molecule has 3 atom stereocenters. The second kappa shape index (κ2) is 11.5. The minimum atomic E-state index is -0.813. The standard InChI is InChI=1S/C28H28ClN3O6/c29-21-13-22-27(32-28(30-22)38-20-12-23(34)24(14-33)37-15-20)31-26(21)19-10-8-18(9-11-19)17-6-4-16(5-7-17)2-1-3-25(35)36/h4-11,13,20,23-24,33-34H,1-3,12,14-15H2,(H,35,36)(H,30,31,32). The molecule has 1 aliphatic rings. The molecule has 10 heteroatoms. The number of imidazole rings is 1. The number of carbonyl (C=O) groups is 1. The Morgan fingerprint density at radius 1 is 1.08 bits per heavy atom. The minimum Gasteiger partial charge on any atom is -0.481 e. The third-order valence-electron chi connectivity index (χ3n) is 6.59. The number of fused-ring (bicyclic) bond motifs is 1. The number of pyridine rings is 1. The van der Waals surface area contributed by atoms with Gasteiger partial charge in [0, 0.05) is 18.4 Å². The highest BCUT2D eigenvalue weighted by Crippen LogP contribution is 2.31. The number of ether oxygens (including phenoxy) is 2. The topological polar surface area (TPSA) is 138 Å². The van der Waals surface area contributed by atoms with Crippen LogP contribution in [0.3, 0.4) is 0 Å². The fourth-order valence-electron chi connectivity index (χ4n) is 4.53. The van der Waals surface area contributed by atoms with Gasteiger partial charge >= 0.3 is 5.97 Å². The Bertz CT molecular complexity index is 1410. The third kappa shape index (κ3) is 5.97. The van der Waals surface area contributed by atoms with Gasteiger partial charge < -0.3 is 29.8 Å². The van der Waals surface area contributed by atoms with Crippen LogP contribution in [0.1, 0.15) is 24.8 Å². The first-order chi connectivity index (χ1) is 18.4. The van der Waals surface area contributed by atoms with Crippen molar-refractivity contribution in [2.45, 2.75) is 44.0 Å². The average molecular weight is 538 g/mol. The lowest BCUT2D eigenvalue weighted by Crippen LogP contribution is -2.45. The zero-order valence-electron chi connectivity index (χ0n) is 20.5. The largest absolute Gasteiger partial charge is 0.481 e. The van der Waals surface area contributed by atoms with E-state index in [1.165, 1.54) is 0 Å². The van der Waals surface area contributed by atoms with Gasteiger partial charge in [-0.2, -0.15) is 4.98 Å². The summed E-state index contributed by atoms with van der Waals surface area (Å²) in [4.78, 5) is 22.8. The summed E-state index contributed by atoms with van der Waals surface area (Å²) >= 11 is 6.56. The van der Waals surface area contributed by atoms with Crippen LogP contribution < -0.4 is 4.74 Å². The molecule has 2 aromatic heterocycles. The summed E-state index contributed by atoms with van der Waals surface area (Å²) in [6, 6.07) is 18.1. The third-order valence-corrected chi connectivity index (χ3v) is 6.88. The number of halogens is 1. The van der Waals surface area contributed by atoms with E-state index in [1.807, 2.05) is 48.5 Å². The number of nitrogens with one attached hydrogen (secondary N) is 1. The second-order valence-electron chi connectivity index (χ2n) is 9.35. The van der Waals surface area contributed by atoms with Crippen LogP contribution in [0.2, 0.25) is 5.02 Å². The Balaban J connectivity index is 1.28. The molecule has 1 saturated heterocycles. The smallest absolute Gasteiger partial charge is 0.303 e. The highest BCUT2D eigenvalue weighted by Gasteiger charge is 2.31. The van der Waals surface area contributed by atoms with Crippen LogP contribution in [0.5, 0.6) is 6.01 Å². The van der Waals surface area contributed by atoms with E-state index in [0.717, 1.165) is 28.7 Å². The SMILES string of the molecule is O=C(O)CCCc1ccc(-c2ccc(-c3nc4nc(OC5COC(CO)C(O)C5)[nH]c4cc3Cl)cc2)cc1. The van der Waals surface area contributed by atoms with Crippen molar-refractivity contribution in [1.82, 2.24) is 15.0 Å². The predicted octanol–water partition coefficient (Wildman–Crippen LogP) is 4.24. The fourth-order valence-corrected chi connectivity index (χ4v) is 4.79. The number of H-pyrrole nitrogens is 1. The van der Waals surface area contributed by atoms with Gasteiger partial charge in [-0.05, 0) is 35.6 Å². The van der Waals surface area contributed by atoms with Crippen LogP contribution in [-0.4, -0.2) is 67.8 Å². The zero-order valence-corrected chi connectivity index (χ0v) is 21.3. The molecule has 3 heterocycles. The molecule has 4 N–H and O–H groups in total. The second-order valence-corrected chi connectivity index (χ2v) is 9.76. The highest BCUT2D eigenvalue weighted by molar-refractivity contribution is 6.33. The minimum absolute atomic E-state index is 0.170. The molecular formula is C28H28ClN3O6. The molecule has 1 aliphatic heterocycles. The molecule has 0 radical (unpaired) electrons. The Morgan fingerprint density at radius 2 is 1.76 bits per heavy atom. The van der Waals surface area contributed by atoms with E-state index in [9.17, 15) is 15.0 Å². The van der Waals surface area contributed by atoms with E-state index in [-0.39, 0.29) is 25.6 Å². The number of aliphatic hydroxyl groups is 2. The first-order valence-electron chi connectivity index (χ1n) is 12.4. The van der Waals surface area contributed by atoms with Crippen LogP contribution in [-0.2, 0) is 16.0 Å². The maximum absolute atomic E-state index is 10.7. The highest BCUT2D eigenvalue weighted by atomic mass is 35.5. The van der Waals surface area contributed by atoms with E-state index in [0.29, 0.717) is 34.7 Å². The first-order valence-corrected chi connectivity index (χ1v) is 12.8. The fraction of sp³-hybridized carbons (Fsp3) is 0.321. The lowest BCUT2D eigenvalue weighted by atomic mass is 10.00. The Labute approximate surface area is 224 Å². The molecule has 4 aromatic rings. The van der Waals surface area contributed by atoms with Crippen LogP contribution in [0.15, 0.2) is 54.6 Å².